The molecule has 0 atom stereocenters. The summed E-state index contributed by atoms with van der Waals surface area (Å²) in [6, 6.07) is 17.8. The van der Waals surface area contributed by atoms with Crippen LogP contribution in [0.25, 0.3) is 18.2 Å². The van der Waals surface area contributed by atoms with Gasteiger partial charge in [0.1, 0.15) is 0 Å². The molecule has 0 spiro atoms. The summed E-state index contributed by atoms with van der Waals surface area (Å²) in [5.74, 6) is 0. The van der Waals surface area contributed by atoms with E-state index in [4.69, 9.17) is 5.26 Å². The first kappa shape index (κ1) is 11.9. The minimum absolute atomic E-state index is 0.680. The first-order chi connectivity index (χ1) is 8.81. The molecule has 0 bridgehead atoms. The van der Waals surface area contributed by atoms with Crippen LogP contribution in [-0.2, 0) is 0 Å². The lowest BCUT2D eigenvalue weighted by atomic mass is 10.1. The van der Waals surface area contributed by atoms with E-state index < -0.39 is 0 Å². The molecule has 0 fully saturated rings. The van der Waals surface area contributed by atoms with Crippen LogP contribution in [0, 0.1) is 11.3 Å². The smallest absolute Gasteiger partial charge is 0.0991 e. The van der Waals surface area contributed by atoms with Crippen LogP contribution in [0.4, 0.5) is 0 Å². The molecule has 0 aliphatic rings. The van der Waals surface area contributed by atoms with Crippen LogP contribution in [0.2, 0.25) is 0 Å². The highest BCUT2D eigenvalue weighted by atomic mass is 14.2. The lowest BCUT2D eigenvalue weighted by Gasteiger charge is -1.96. The van der Waals surface area contributed by atoms with Gasteiger partial charge in [-0.25, -0.2) is 0 Å². The zero-order chi connectivity index (χ0) is 12.8. The largest absolute Gasteiger partial charge is 0.192 e. The summed E-state index contributed by atoms with van der Waals surface area (Å²) < 4.78 is 0. The Balaban J connectivity index is 2.19. The van der Waals surface area contributed by atoms with Gasteiger partial charge in [0.15, 0.2) is 0 Å². The van der Waals surface area contributed by atoms with E-state index in [0.29, 0.717) is 5.56 Å². The van der Waals surface area contributed by atoms with Crippen molar-refractivity contribution in [2.45, 2.75) is 0 Å². The highest BCUT2D eigenvalue weighted by Crippen LogP contribution is 2.11. The molecular formula is C17H13N. The van der Waals surface area contributed by atoms with Crippen LogP contribution in [0.1, 0.15) is 22.3 Å². The summed E-state index contributed by atoms with van der Waals surface area (Å²) >= 11 is 0. The Kier molecular flexibility index (Phi) is 3.73. The third-order valence-electron chi connectivity index (χ3n) is 2.66. The van der Waals surface area contributed by atoms with Gasteiger partial charge < -0.3 is 0 Å². The molecule has 2 aromatic carbocycles. The Morgan fingerprint density at radius 2 is 1.56 bits per heavy atom. The van der Waals surface area contributed by atoms with Crippen LogP contribution < -0.4 is 0 Å². The maximum absolute atomic E-state index is 8.82. The molecular weight excluding hydrogens is 218 g/mol. The fourth-order valence-electron chi connectivity index (χ4n) is 1.65. The third kappa shape index (κ3) is 2.96. The summed E-state index contributed by atoms with van der Waals surface area (Å²) in [6.07, 6.45) is 5.86. The molecule has 86 valence electrons. The van der Waals surface area contributed by atoms with Crippen molar-refractivity contribution in [2.24, 2.45) is 0 Å². The molecule has 0 aliphatic heterocycles. The third-order valence-corrected chi connectivity index (χ3v) is 2.66. The van der Waals surface area contributed by atoms with Crippen molar-refractivity contribution >= 4 is 18.2 Å². The Morgan fingerprint density at radius 3 is 2.22 bits per heavy atom. The van der Waals surface area contributed by atoms with Crippen molar-refractivity contribution in [3.8, 4) is 6.07 Å². The van der Waals surface area contributed by atoms with Crippen LogP contribution in [-0.4, -0.2) is 0 Å². The summed E-state index contributed by atoms with van der Waals surface area (Å²) in [4.78, 5) is 0. The first-order valence-corrected chi connectivity index (χ1v) is 5.72. The summed E-state index contributed by atoms with van der Waals surface area (Å²) in [6.45, 7) is 3.72. The SMILES string of the molecule is C=Cc1ccc(C=Cc2cccc(C#N)c2)cc1. The number of hydrogen-bond acceptors (Lipinski definition) is 1. The molecule has 0 heterocycles. The molecule has 0 saturated heterocycles. The molecule has 1 nitrogen and oxygen atoms in total. The number of hydrogen-bond donors (Lipinski definition) is 0. The maximum atomic E-state index is 8.82. The molecule has 18 heavy (non-hydrogen) atoms. The van der Waals surface area contributed by atoms with Crippen LogP contribution in [0.15, 0.2) is 55.1 Å². The van der Waals surface area contributed by atoms with Crippen molar-refractivity contribution in [1.82, 2.24) is 0 Å². The molecule has 0 radical (unpaired) electrons. The quantitative estimate of drug-likeness (QED) is 0.719. The van der Waals surface area contributed by atoms with Crippen LogP contribution >= 0.6 is 0 Å². The number of nitriles is 1. The van der Waals surface area contributed by atoms with Gasteiger partial charge in [-0.05, 0) is 28.8 Å². The van der Waals surface area contributed by atoms with Gasteiger partial charge in [0.2, 0.25) is 0 Å². The van der Waals surface area contributed by atoms with Gasteiger partial charge in [0.05, 0.1) is 11.6 Å². The van der Waals surface area contributed by atoms with E-state index in [1.165, 1.54) is 0 Å². The lowest BCUT2D eigenvalue weighted by molar-refractivity contribution is 1.48. The Labute approximate surface area is 107 Å². The minimum atomic E-state index is 0.680. The first-order valence-electron chi connectivity index (χ1n) is 5.72. The second-order valence-corrected chi connectivity index (χ2v) is 3.94. The Hall–Kier alpha value is -2.59. The average molecular weight is 231 g/mol. The van der Waals surface area contributed by atoms with Crippen molar-refractivity contribution < 1.29 is 0 Å². The van der Waals surface area contributed by atoms with Gasteiger partial charge in [-0.1, -0.05) is 61.2 Å². The number of rotatable bonds is 3. The number of benzene rings is 2. The summed E-state index contributed by atoms with van der Waals surface area (Å²) in [7, 11) is 0. The minimum Gasteiger partial charge on any atom is -0.192 e. The van der Waals surface area contributed by atoms with Gasteiger partial charge in [0, 0.05) is 0 Å². The van der Waals surface area contributed by atoms with E-state index in [1.54, 1.807) is 6.07 Å². The maximum Gasteiger partial charge on any atom is 0.0991 e. The van der Waals surface area contributed by atoms with Crippen molar-refractivity contribution in [1.29, 1.82) is 5.26 Å². The average Bonchev–Trinajstić information content (AvgIpc) is 2.46. The second-order valence-electron chi connectivity index (χ2n) is 3.94. The summed E-state index contributed by atoms with van der Waals surface area (Å²) in [5.41, 5.74) is 3.95. The molecule has 0 unspecified atom stereocenters. The molecule has 0 aliphatic carbocycles. The normalized spacial score (nSPS) is 10.2. The van der Waals surface area contributed by atoms with Crippen molar-refractivity contribution in [2.75, 3.05) is 0 Å². The highest BCUT2D eigenvalue weighted by molar-refractivity contribution is 5.70. The van der Waals surface area contributed by atoms with Crippen LogP contribution in [0.5, 0.6) is 0 Å². The van der Waals surface area contributed by atoms with Gasteiger partial charge in [0.25, 0.3) is 0 Å². The van der Waals surface area contributed by atoms with Gasteiger partial charge in [-0.3, -0.25) is 0 Å². The second kappa shape index (κ2) is 5.65. The molecule has 2 aromatic rings. The molecule has 0 aromatic heterocycles. The zero-order valence-electron chi connectivity index (χ0n) is 10.0. The number of nitrogens with zero attached hydrogens (tertiary/aromatic N) is 1. The van der Waals surface area contributed by atoms with Gasteiger partial charge >= 0.3 is 0 Å². The van der Waals surface area contributed by atoms with Crippen LogP contribution in [0.3, 0.4) is 0 Å². The van der Waals surface area contributed by atoms with E-state index in [9.17, 15) is 0 Å². The lowest BCUT2D eigenvalue weighted by Crippen LogP contribution is -1.77. The van der Waals surface area contributed by atoms with E-state index in [-0.39, 0.29) is 0 Å². The van der Waals surface area contributed by atoms with Gasteiger partial charge in [-0.2, -0.15) is 5.26 Å². The molecule has 0 amide bonds. The van der Waals surface area contributed by atoms with E-state index in [0.717, 1.165) is 16.7 Å². The topological polar surface area (TPSA) is 23.8 Å². The Morgan fingerprint density at radius 1 is 0.889 bits per heavy atom. The molecule has 2 rings (SSSR count). The summed E-state index contributed by atoms with van der Waals surface area (Å²) in [5, 5.41) is 8.82. The highest BCUT2D eigenvalue weighted by Gasteiger charge is 1.91. The van der Waals surface area contributed by atoms with Crippen molar-refractivity contribution in [3.05, 3.63) is 77.4 Å². The fraction of sp³-hybridized carbons (Fsp3) is 0. The molecule has 0 saturated carbocycles. The Bertz CT molecular complexity index is 613. The zero-order valence-corrected chi connectivity index (χ0v) is 10.0. The fourth-order valence-corrected chi connectivity index (χ4v) is 1.65. The standard InChI is InChI=1S/C17H13N/c1-2-14-6-8-15(9-7-14)10-11-16-4-3-5-17(12-16)13-18/h2-12H,1H2. The monoisotopic (exact) mass is 231 g/mol. The van der Waals surface area contributed by atoms with Crippen molar-refractivity contribution in [3.63, 3.8) is 0 Å². The molecule has 1 heteroatoms. The van der Waals surface area contributed by atoms with Gasteiger partial charge in [-0.15, -0.1) is 0 Å². The predicted molar refractivity (Wildman–Crippen MR) is 76.6 cm³/mol. The van der Waals surface area contributed by atoms with E-state index >= 15 is 0 Å². The predicted octanol–water partition coefficient (Wildman–Crippen LogP) is 4.37. The van der Waals surface area contributed by atoms with E-state index in [2.05, 4.69) is 12.6 Å². The van der Waals surface area contributed by atoms with E-state index in [1.807, 2.05) is 60.7 Å². The molecule has 0 N–H and O–H groups in total.